The van der Waals surface area contributed by atoms with Crippen LogP contribution >= 0.6 is 11.9 Å². The zero-order valence-electron chi connectivity index (χ0n) is 23.1. The summed E-state index contributed by atoms with van der Waals surface area (Å²) in [6.07, 6.45) is 6.04. The Morgan fingerprint density at radius 1 is 1.30 bits per heavy atom. The summed E-state index contributed by atoms with van der Waals surface area (Å²) in [6, 6.07) is 5.88. The number of fused-ring (bicyclic) bond motifs is 1. The van der Waals surface area contributed by atoms with E-state index < -0.39 is 5.09 Å². The molecule has 0 amide bonds. The van der Waals surface area contributed by atoms with E-state index >= 15 is 0 Å². The monoisotopic (exact) mass is 572 g/mol. The zero-order valence-corrected chi connectivity index (χ0v) is 23.9. The molecule has 216 valence electrons. The van der Waals surface area contributed by atoms with Crippen molar-refractivity contribution < 1.29 is 19.9 Å². The molecule has 0 aliphatic carbocycles. The van der Waals surface area contributed by atoms with Gasteiger partial charge in [0.05, 0.1) is 30.7 Å². The summed E-state index contributed by atoms with van der Waals surface area (Å²) < 4.78 is 9.89. The Bertz CT molecular complexity index is 1410. The van der Waals surface area contributed by atoms with Gasteiger partial charge in [-0.2, -0.15) is 0 Å². The van der Waals surface area contributed by atoms with Crippen LogP contribution in [0.4, 0.5) is 0 Å². The van der Waals surface area contributed by atoms with Gasteiger partial charge in [0, 0.05) is 23.5 Å². The van der Waals surface area contributed by atoms with Crippen LogP contribution in [-0.4, -0.2) is 61.7 Å². The van der Waals surface area contributed by atoms with Crippen molar-refractivity contribution in [1.82, 2.24) is 18.9 Å². The summed E-state index contributed by atoms with van der Waals surface area (Å²) in [5.74, 6) is 1.42. The Balaban J connectivity index is 1.64. The van der Waals surface area contributed by atoms with Crippen molar-refractivity contribution in [2.75, 3.05) is 26.3 Å². The third kappa shape index (κ3) is 6.58. The van der Waals surface area contributed by atoms with Crippen LogP contribution in [0.5, 0.6) is 5.75 Å². The lowest BCUT2D eigenvalue weighted by molar-refractivity contribution is -0.758. The maximum absolute atomic E-state index is 13.4. The number of aromatic nitrogens is 3. The molecule has 1 fully saturated rings. The molecule has 1 aromatic carbocycles. The molecule has 4 rings (SSSR count). The van der Waals surface area contributed by atoms with Gasteiger partial charge < -0.3 is 19.8 Å². The van der Waals surface area contributed by atoms with Gasteiger partial charge in [0.15, 0.2) is 5.82 Å². The van der Waals surface area contributed by atoms with E-state index in [-0.39, 0.29) is 12.2 Å². The smallest absolute Gasteiger partial charge is 0.294 e. The largest absolute Gasteiger partial charge is 0.493 e. The molecule has 40 heavy (non-hydrogen) atoms. The van der Waals surface area contributed by atoms with Gasteiger partial charge in [-0.1, -0.05) is 25.4 Å². The normalized spacial score (nSPS) is 14.8. The SMILES string of the molecule is CCCc1c(/C=N/O)c(CC)c2c(=O)[nH]c(-c3cc(SN4CCC(CCO[N+](=O)[O-])CC4)ccc3OCC)nn12. The molecule has 2 aromatic heterocycles. The average molecular weight is 573 g/mol. The van der Waals surface area contributed by atoms with E-state index in [1.54, 1.807) is 16.5 Å². The molecule has 0 spiro atoms. The van der Waals surface area contributed by atoms with E-state index in [1.807, 2.05) is 32.0 Å². The van der Waals surface area contributed by atoms with Gasteiger partial charge in [-0.15, -0.1) is 15.2 Å². The van der Waals surface area contributed by atoms with Crippen LogP contribution in [0, 0.1) is 16.0 Å². The molecule has 0 unspecified atom stereocenters. The van der Waals surface area contributed by atoms with Gasteiger partial charge in [-0.25, -0.2) is 8.82 Å². The summed E-state index contributed by atoms with van der Waals surface area (Å²) in [5.41, 5.74) is 3.23. The predicted molar refractivity (Wildman–Crippen MR) is 153 cm³/mol. The minimum Gasteiger partial charge on any atom is -0.493 e. The van der Waals surface area contributed by atoms with Crippen molar-refractivity contribution in [3.05, 3.63) is 55.5 Å². The second-order valence-corrected chi connectivity index (χ2v) is 10.8. The van der Waals surface area contributed by atoms with Crippen LogP contribution in [0.2, 0.25) is 0 Å². The molecule has 0 saturated carbocycles. The molecule has 3 aromatic rings. The topological polar surface area (TPSA) is 148 Å². The quantitative estimate of drug-likeness (QED) is 0.0975. The number of H-pyrrole nitrogens is 1. The minimum atomic E-state index is -0.736. The standard InChI is InChI=1S/C27H36N6O6S/c1-4-7-23-22(17-28-35)20(5-2)25-27(34)29-26(30-32(23)25)21-16-19(8-9-24(21)38-6-3)40-31-13-10-18(11-14-31)12-15-39-33(36)37/h8-9,16-18,35H,4-7,10-15H2,1-3H3,(H,29,30,34)/b28-17+. The summed E-state index contributed by atoms with van der Waals surface area (Å²) in [7, 11) is 0. The van der Waals surface area contributed by atoms with E-state index in [1.165, 1.54) is 6.21 Å². The minimum absolute atomic E-state index is 0.137. The molecule has 1 aliphatic heterocycles. The number of hydrogen-bond acceptors (Lipinski definition) is 10. The molecule has 0 radical (unpaired) electrons. The zero-order chi connectivity index (χ0) is 28.6. The van der Waals surface area contributed by atoms with Gasteiger partial charge in [-0.05, 0) is 80.7 Å². The number of benzene rings is 1. The summed E-state index contributed by atoms with van der Waals surface area (Å²) >= 11 is 1.63. The van der Waals surface area contributed by atoms with E-state index in [2.05, 4.69) is 26.2 Å². The van der Waals surface area contributed by atoms with Gasteiger partial charge in [-0.3, -0.25) is 4.79 Å². The highest BCUT2D eigenvalue weighted by atomic mass is 32.2. The molecule has 12 nitrogen and oxygen atoms in total. The molecular formula is C27H36N6O6S. The third-order valence-electron chi connectivity index (χ3n) is 7.10. The highest BCUT2D eigenvalue weighted by Crippen LogP contribution is 2.36. The summed E-state index contributed by atoms with van der Waals surface area (Å²) in [5, 5.41) is 27.1. The number of rotatable bonds is 13. The third-order valence-corrected chi connectivity index (χ3v) is 8.19. The van der Waals surface area contributed by atoms with Gasteiger partial charge in [0.1, 0.15) is 11.3 Å². The second-order valence-electron chi connectivity index (χ2n) is 9.65. The Labute approximate surface area is 236 Å². The van der Waals surface area contributed by atoms with Crippen LogP contribution in [0.15, 0.2) is 33.0 Å². The fraction of sp³-hybridized carbons (Fsp3) is 0.519. The number of nitrogens with zero attached hydrogens (tertiary/aromatic N) is 5. The van der Waals surface area contributed by atoms with Crippen LogP contribution in [0.3, 0.4) is 0 Å². The van der Waals surface area contributed by atoms with Gasteiger partial charge in [0.2, 0.25) is 0 Å². The summed E-state index contributed by atoms with van der Waals surface area (Å²) in [6.45, 7) is 8.23. The maximum Gasteiger partial charge on any atom is 0.294 e. The molecular weight excluding hydrogens is 536 g/mol. The maximum atomic E-state index is 13.4. The highest BCUT2D eigenvalue weighted by Gasteiger charge is 2.23. The van der Waals surface area contributed by atoms with Crippen molar-refractivity contribution in [2.24, 2.45) is 11.1 Å². The first-order valence-electron chi connectivity index (χ1n) is 13.7. The fourth-order valence-electron chi connectivity index (χ4n) is 5.25. The Morgan fingerprint density at radius 3 is 2.73 bits per heavy atom. The Kier molecular flexibility index (Phi) is 10.0. The van der Waals surface area contributed by atoms with Crippen molar-refractivity contribution in [3.8, 4) is 17.1 Å². The first-order chi connectivity index (χ1) is 19.4. The molecule has 0 atom stereocenters. The van der Waals surface area contributed by atoms with E-state index in [9.17, 15) is 20.1 Å². The number of oxime groups is 1. The number of ether oxygens (including phenoxy) is 1. The lowest BCUT2D eigenvalue weighted by Crippen LogP contribution is -2.29. The summed E-state index contributed by atoms with van der Waals surface area (Å²) in [4.78, 5) is 32.3. The van der Waals surface area contributed by atoms with Crippen molar-refractivity contribution in [3.63, 3.8) is 0 Å². The number of hydrogen-bond donors (Lipinski definition) is 2. The number of piperidine rings is 1. The first-order valence-corrected chi connectivity index (χ1v) is 14.5. The predicted octanol–water partition coefficient (Wildman–Crippen LogP) is 4.73. The number of nitrogens with one attached hydrogen (secondary N) is 1. The van der Waals surface area contributed by atoms with E-state index in [0.29, 0.717) is 54.4 Å². The van der Waals surface area contributed by atoms with Gasteiger partial charge >= 0.3 is 0 Å². The number of aryl methyl sites for hydroxylation is 2. The molecule has 0 bridgehead atoms. The lowest BCUT2D eigenvalue weighted by atomic mass is 9.95. The first kappa shape index (κ1) is 29.4. The Hall–Kier alpha value is -3.58. The van der Waals surface area contributed by atoms with Crippen molar-refractivity contribution >= 4 is 23.7 Å². The van der Waals surface area contributed by atoms with Crippen LogP contribution in [-0.2, 0) is 17.7 Å². The molecule has 13 heteroatoms. The molecule has 3 heterocycles. The molecule has 2 N–H and O–H groups in total. The van der Waals surface area contributed by atoms with Crippen molar-refractivity contribution in [1.29, 1.82) is 0 Å². The molecule has 1 aliphatic rings. The van der Waals surface area contributed by atoms with Crippen LogP contribution in [0.25, 0.3) is 16.9 Å². The van der Waals surface area contributed by atoms with Crippen LogP contribution in [0.1, 0.15) is 63.3 Å². The number of aromatic amines is 1. The van der Waals surface area contributed by atoms with Crippen LogP contribution < -0.4 is 10.3 Å². The van der Waals surface area contributed by atoms with Crippen molar-refractivity contribution in [2.45, 2.75) is 64.2 Å². The Morgan fingerprint density at radius 2 is 2.08 bits per heavy atom. The van der Waals surface area contributed by atoms with E-state index in [0.717, 1.165) is 54.1 Å². The second kappa shape index (κ2) is 13.7. The highest BCUT2D eigenvalue weighted by molar-refractivity contribution is 7.97. The lowest BCUT2D eigenvalue weighted by Gasteiger charge is -2.30. The average Bonchev–Trinajstić information content (AvgIpc) is 3.23. The molecule has 1 saturated heterocycles. The van der Waals surface area contributed by atoms with Gasteiger partial charge in [0.25, 0.3) is 10.6 Å². The fourth-order valence-corrected chi connectivity index (χ4v) is 6.24. The van der Waals surface area contributed by atoms with E-state index in [4.69, 9.17) is 9.84 Å².